The van der Waals surface area contributed by atoms with Crippen molar-refractivity contribution in [1.82, 2.24) is 0 Å². The third-order valence-electron chi connectivity index (χ3n) is 5.03. The third kappa shape index (κ3) is 5.75. The number of benzene rings is 2. The average Bonchev–Trinajstić information content (AvgIpc) is 2.77. The number of amides is 2. The lowest BCUT2D eigenvalue weighted by Gasteiger charge is -2.18. The number of carbonyl (C=O) groups is 2. The van der Waals surface area contributed by atoms with Crippen molar-refractivity contribution in [3.63, 3.8) is 0 Å². The summed E-state index contributed by atoms with van der Waals surface area (Å²) in [5.74, 6) is 1.66. The van der Waals surface area contributed by atoms with Crippen molar-refractivity contribution >= 4 is 23.2 Å². The minimum absolute atomic E-state index is 0.0588. The fourth-order valence-corrected chi connectivity index (χ4v) is 3.47. The summed E-state index contributed by atoms with van der Waals surface area (Å²) in [6.07, 6.45) is 4.39. The fourth-order valence-electron chi connectivity index (χ4n) is 3.47. The number of hydrogen-bond acceptors (Lipinski definition) is 4. The van der Waals surface area contributed by atoms with E-state index in [0.717, 1.165) is 59.7 Å². The molecule has 2 aliphatic heterocycles. The van der Waals surface area contributed by atoms with Crippen LogP contribution in [-0.2, 0) is 22.4 Å². The molecule has 0 spiro atoms. The van der Waals surface area contributed by atoms with Crippen LogP contribution in [0.2, 0.25) is 0 Å². The summed E-state index contributed by atoms with van der Waals surface area (Å²) >= 11 is 0. The first kappa shape index (κ1) is 21.7. The Balaban J connectivity index is 0.00000124. The van der Waals surface area contributed by atoms with Gasteiger partial charge in [-0.3, -0.25) is 9.59 Å². The first-order valence-electron chi connectivity index (χ1n) is 10.8. The highest BCUT2D eigenvalue weighted by molar-refractivity contribution is 5.94. The number of rotatable bonds is 7. The monoisotopic (exact) mass is 410 g/mol. The van der Waals surface area contributed by atoms with Crippen molar-refractivity contribution in [2.75, 3.05) is 23.8 Å². The molecule has 30 heavy (non-hydrogen) atoms. The molecule has 2 heterocycles. The first-order chi connectivity index (χ1) is 14.7. The smallest absolute Gasteiger partial charge is 0.224 e. The Morgan fingerprint density at radius 3 is 1.57 bits per heavy atom. The lowest BCUT2D eigenvalue weighted by molar-refractivity contribution is -0.117. The molecule has 0 atom stereocenters. The van der Waals surface area contributed by atoms with E-state index in [0.29, 0.717) is 26.1 Å². The minimum Gasteiger partial charge on any atom is -0.494 e. The summed E-state index contributed by atoms with van der Waals surface area (Å²) in [7, 11) is 0. The second-order valence-corrected chi connectivity index (χ2v) is 7.14. The van der Waals surface area contributed by atoms with E-state index in [1.165, 1.54) is 0 Å². The summed E-state index contributed by atoms with van der Waals surface area (Å²) in [4.78, 5) is 23.0. The van der Waals surface area contributed by atoms with E-state index >= 15 is 0 Å². The molecule has 0 radical (unpaired) electrons. The molecular formula is C24H30N2O4. The molecule has 0 saturated heterocycles. The molecule has 0 aliphatic carbocycles. The largest absolute Gasteiger partial charge is 0.494 e. The predicted octanol–water partition coefficient (Wildman–Crippen LogP) is 4.72. The number of hydrogen-bond donors (Lipinski definition) is 2. The molecule has 4 rings (SSSR count). The van der Waals surface area contributed by atoms with Crippen LogP contribution < -0.4 is 20.1 Å². The van der Waals surface area contributed by atoms with Gasteiger partial charge in [0.15, 0.2) is 0 Å². The summed E-state index contributed by atoms with van der Waals surface area (Å²) in [6.45, 7) is 5.19. The van der Waals surface area contributed by atoms with Gasteiger partial charge in [0, 0.05) is 36.3 Å². The maximum absolute atomic E-state index is 11.5. The Bertz CT molecular complexity index is 821. The molecule has 0 unspecified atom stereocenters. The second-order valence-electron chi connectivity index (χ2n) is 7.14. The second kappa shape index (κ2) is 10.7. The Kier molecular flexibility index (Phi) is 7.71. The number of carbonyl (C=O) groups excluding carboxylic acids is 2. The van der Waals surface area contributed by atoms with E-state index in [1.54, 1.807) is 0 Å². The fraction of sp³-hybridized carbons (Fsp3) is 0.417. The summed E-state index contributed by atoms with van der Waals surface area (Å²) in [5, 5.41) is 5.78. The average molecular weight is 411 g/mol. The van der Waals surface area contributed by atoms with Gasteiger partial charge in [-0.1, -0.05) is 26.0 Å². The van der Waals surface area contributed by atoms with Crippen molar-refractivity contribution in [3.8, 4) is 11.5 Å². The maximum atomic E-state index is 11.5. The van der Waals surface area contributed by atoms with Gasteiger partial charge in [-0.15, -0.1) is 0 Å². The number of aryl methyl sites for hydroxylation is 2. The van der Waals surface area contributed by atoms with Gasteiger partial charge >= 0.3 is 0 Å². The predicted molar refractivity (Wildman–Crippen MR) is 118 cm³/mol. The Labute approximate surface area is 178 Å². The highest BCUT2D eigenvalue weighted by Gasteiger charge is 2.16. The summed E-state index contributed by atoms with van der Waals surface area (Å²) < 4.78 is 11.6. The van der Waals surface area contributed by atoms with Crippen molar-refractivity contribution in [3.05, 3.63) is 47.5 Å². The van der Waals surface area contributed by atoms with Crippen LogP contribution in [0.25, 0.3) is 0 Å². The van der Waals surface area contributed by atoms with Crippen LogP contribution in [0.3, 0.4) is 0 Å². The molecule has 2 aliphatic rings. The molecule has 2 amide bonds. The van der Waals surface area contributed by atoms with Gasteiger partial charge in [0.05, 0.1) is 13.2 Å². The Hall–Kier alpha value is -3.02. The van der Waals surface area contributed by atoms with Crippen LogP contribution in [0.5, 0.6) is 11.5 Å². The van der Waals surface area contributed by atoms with E-state index in [2.05, 4.69) is 10.6 Å². The van der Waals surface area contributed by atoms with E-state index in [-0.39, 0.29) is 11.8 Å². The number of anilines is 2. The molecule has 2 aromatic carbocycles. The van der Waals surface area contributed by atoms with Gasteiger partial charge in [0.2, 0.25) is 11.8 Å². The first-order valence-corrected chi connectivity index (χ1v) is 10.8. The highest BCUT2D eigenvalue weighted by Crippen LogP contribution is 2.28. The maximum Gasteiger partial charge on any atom is 0.224 e. The van der Waals surface area contributed by atoms with Crippen LogP contribution in [0.1, 0.15) is 50.7 Å². The van der Waals surface area contributed by atoms with Crippen molar-refractivity contribution in [2.24, 2.45) is 0 Å². The van der Waals surface area contributed by atoms with E-state index in [4.69, 9.17) is 9.47 Å². The molecular weight excluding hydrogens is 380 g/mol. The molecule has 0 saturated carbocycles. The summed E-state index contributed by atoms with van der Waals surface area (Å²) in [6, 6.07) is 11.7. The van der Waals surface area contributed by atoms with Crippen molar-refractivity contribution < 1.29 is 19.1 Å². The Morgan fingerprint density at radius 2 is 1.13 bits per heavy atom. The quantitative estimate of drug-likeness (QED) is 0.648. The number of unbranched alkanes of at least 4 members (excludes halogenated alkanes) is 1. The van der Waals surface area contributed by atoms with Crippen LogP contribution >= 0.6 is 0 Å². The molecule has 6 nitrogen and oxygen atoms in total. The number of ether oxygens (including phenoxy) is 2. The van der Waals surface area contributed by atoms with Crippen LogP contribution in [0.15, 0.2) is 36.4 Å². The van der Waals surface area contributed by atoms with Gasteiger partial charge < -0.3 is 20.1 Å². The van der Waals surface area contributed by atoms with Gasteiger partial charge in [-0.25, -0.2) is 0 Å². The normalized spacial score (nSPS) is 14.3. The van der Waals surface area contributed by atoms with Gasteiger partial charge in [0.1, 0.15) is 11.5 Å². The molecule has 0 fully saturated rings. The Morgan fingerprint density at radius 1 is 0.700 bits per heavy atom. The number of fused-ring (bicyclic) bond motifs is 2. The molecule has 0 bridgehead atoms. The van der Waals surface area contributed by atoms with Crippen LogP contribution in [0, 0.1) is 0 Å². The third-order valence-corrected chi connectivity index (χ3v) is 5.03. The molecule has 2 aromatic rings. The van der Waals surface area contributed by atoms with Gasteiger partial charge in [-0.05, 0) is 48.9 Å². The SMILES string of the molecule is CC.O=C1CCc2ccc(OCCCCOc3ccc4c(c3)NC(=O)CC4)cc2N1. The lowest BCUT2D eigenvalue weighted by atomic mass is 10.0. The lowest BCUT2D eigenvalue weighted by Crippen LogP contribution is -2.19. The molecule has 160 valence electrons. The van der Waals surface area contributed by atoms with Gasteiger partial charge in [0.25, 0.3) is 0 Å². The van der Waals surface area contributed by atoms with Gasteiger partial charge in [-0.2, -0.15) is 0 Å². The number of nitrogens with one attached hydrogen (secondary N) is 2. The topological polar surface area (TPSA) is 76.7 Å². The van der Waals surface area contributed by atoms with Crippen molar-refractivity contribution in [1.29, 1.82) is 0 Å². The van der Waals surface area contributed by atoms with Crippen LogP contribution in [0.4, 0.5) is 11.4 Å². The zero-order valence-electron chi connectivity index (χ0n) is 17.8. The molecule has 6 heteroatoms. The van der Waals surface area contributed by atoms with Crippen LogP contribution in [-0.4, -0.2) is 25.0 Å². The summed E-state index contributed by atoms with van der Waals surface area (Å²) in [5.41, 5.74) is 4.02. The minimum atomic E-state index is 0.0588. The highest BCUT2D eigenvalue weighted by atomic mass is 16.5. The molecule has 0 aromatic heterocycles. The van der Waals surface area contributed by atoms with Crippen molar-refractivity contribution in [2.45, 2.75) is 52.4 Å². The van der Waals surface area contributed by atoms with E-state index in [9.17, 15) is 9.59 Å². The van der Waals surface area contributed by atoms with E-state index in [1.807, 2.05) is 50.2 Å². The zero-order chi connectivity index (χ0) is 21.3. The standard InChI is InChI=1S/C22H24N2O4.C2H6/c25-21-9-5-15-3-7-17(13-19(15)23-21)27-11-1-2-12-28-18-8-4-16-6-10-22(26)24-20(16)14-18;1-2/h3-4,7-8,13-14H,1-2,5-6,9-12H2,(H,23,25)(H,24,26);1-2H3. The van der Waals surface area contributed by atoms with E-state index < -0.39 is 0 Å². The molecule has 2 N–H and O–H groups in total. The zero-order valence-corrected chi connectivity index (χ0v) is 17.8.